The molecule has 0 spiro atoms. The van der Waals surface area contributed by atoms with Gasteiger partial charge in [-0.1, -0.05) is 12.1 Å². The highest BCUT2D eigenvalue weighted by atomic mass is 16.5. The van der Waals surface area contributed by atoms with Gasteiger partial charge in [0.15, 0.2) is 5.89 Å². The minimum atomic E-state index is -0.272. The van der Waals surface area contributed by atoms with Crippen LogP contribution in [0.15, 0.2) is 28.7 Å². The summed E-state index contributed by atoms with van der Waals surface area (Å²) in [4.78, 5) is 4.48. The molecule has 1 N–H and O–H groups in total. The molecule has 0 saturated carbocycles. The molecule has 0 amide bonds. The Bertz CT molecular complexity index is 559. The monoisotopic (exact) mass is 259 g/mol. The first-order valence-corrected chi connectivity index (χ1v) is 6.53. The maximum Gasteiger partial charge on any atom is 0.199 e. The molecule has 0 bridgehead atoms. The number of rotatable bonds is 3. The van der Waals surface area contributed by atoms with Crippen molar-refractivity contribution in [2.45, 2.75) is 31.8 Å². The number of aliphatic hydroxyl groups excluding tert-OH is 1. The molecule has 100 valence electrons. The van der Waals surface area contributed by atoms with Crippen LogP contribution in [0.4, 0.5) is 0 Å². The van der Waals surface area contributed by atoms with E-state index in [1.54, 1.807) is 7.11 Å². The zero-order valence-electron chi connectivity index (χ0n) is 10.9. The van der Waals surface area contributed by atoms with E-state index in [0.717, 1.165) is 41.5 Å². The predicted molar refractivity (Wildman–Crippen MR) is 70.3 cm³/mol. The molecule has 1 unspecified atom stereocenters. The van der Waals surface area contributed by atoms with Crippen LogP contribution >= 0.6 is 0 Å². The average molecular weight is 259 g/mol. The number of benzene rings is 1. The average Bonchev–Trinajstić information content (AvgIpc) is 2.81. The molecule has 19 heavy (non-hydrogen) atoms. The molecule has 4 nitrogen and oxygen atoms in total. The fourth-order valence-corrected chi connectivity index (χ4v) is 2.41. The summed E-state index contributed by atoms with van der Waals surface area (Å²) in [7, 11) is 1.66. The molecule has 1 aliphatic carbocycles. The molecular formula is C15H17NO3. The predicted octanol–water partition coefficient (Wildman–Crippen LogP) is 2.12. The lowest BCUT2D eigenvalue weighted by atomic mass is 9.99. The van der Waals surface area contributed by atoms with Gasteiger partial charge in [0, 0.05) is 19.3 Å². The summed E-state index contributed by atoms with van der Waals surface area (Å²) in [6.45, 7) is 0. The Morgan fingerprint density at radius 2 is 2.16 bits per heavy atom. The Hall–Kier alpha value is -1.81. The van der Waals surface area contributed by atoms with Crippen LogP contribution in [0.3, 0.4) is 0 Å². The van der Waals surface area contributed by atoms with Gasteiger partial charge >= 0.3 is 0 Å². The fourth-order valence-electron chi connectivity index (χ4n) is 2.41. The fraction of sp³-hybridized carbons (Fsp3) is 0.400. The van der Waals surface area contributed by atoms with E-state index in [9.17, 15) is 5.11 Å². The highest BCUT2D eigenvalue weighted by molar-refractivity contribution is 5.29. The first-order chi connectivity index (χ1) is 9.24. The molecule has 1 aliphatic rings. The lowest BCUT2D eigenvalue weighted by Gasteiger charge is -2.13. The Labute approximate surface area is 112 Å². The van der Waals surface area contributed by atoms with Gasteiger partial charge in [0.2, 0.25) is 0 Å². The summed E-state index contributed by atoms with van der Waals surface area (Å²) >= 11 is 0. The lowest BCUT2D eigenvalue weighted by molar-refractivity contribution is 0.153. The highest BCUT2D eigenvalue weighted by Gasteiger charge is 2.22. The van der Waals surface area contributed by atoms with Gasteiger partial charge < -0.3 is 14.3 Å². The van der Waals surface area contributed by atoms with Crippen molar-refractivity contribution < 1.29 is 14.3 Å². The van der Waals surface area contributed by atoms with Crippen LogP contribution in [0.25, 0.3) is 0 Å². The summed E-state index contributed by atoms with van der Waals surface area (Å²) in [5, 5.41) is 9.62. The summed E-state index contributed by atoms with van der Waals surface area (Å²) in [5.41, 5.74) is 2.06. The minimum absolute atomic E-state index is 0.272. The van der Waals surface area contributed by atoms with Crippen molar-refractivity contribution in [3.63, 3.8) is 0 Å². The number of aromatic nitrogens is 1. The summed E-state index contributed by atoms with van der Waals surface area (Å²) < 4.78 is 10.9. The van der Waals surface area contributed by atoms with Crippen molar-refractivity contribution in [2.24, 2.45) is 0 Å². The molecule has 1 aromatic heterocycles. The molecular weight excluding hydrogens is 242 g/mol. The largest absolute Gasteiger partial charge is 0.497 e. The third-order valence-corrected chi connectivity index (χ3v) is 3.47. The summed E-state index contributed by atoms with van der Waals surface area (Å²) in [5.74, 6) is 2.51. The van der Waals surface area contributed by atoms with Gasteiger partial charge in [0.25, 0.3) is 0 Å². The second-order valence-corrected chi connectivity index (χ2v) is 4.90. The molecule has 3 rings (SSSR count). The zero-order chi connectivity index (χ0) is 13.2. The Balaban J connectivity index is 1.76. The van der Waals surface area contributed by atoms with E-state index < -0.39 is 0 Å². The molecule has 1 heterocycles. The van der Waals surface area contributed by atoms with Crippen molar-refractivity contribution in [1.82, 2.24) is 4.98 Å². The molecule has 0 aliphatic heterocycles. The first kappa shape index (κ1) is 12.2. The second-order valence-electron chi connectivity index (χ2n) is 4.90. The zero-order valence-corrected chi connectivity index (χ0v) is 10.9. The quantitative estimate of drug-likeness (QED) is 0.917. The van der Waals surface area contributed by atoms with Gasteiger partial charge in [-0.15, -0.1) is 0 Å². The number of hydrogen-bond acceptors (Lipinski definition) is 4. The number of aryl methyl sites for hydroxylation is 1. The van der Waals surface area contributed by atoms with Gasteiger partial charge in [-0.05, 0) is 24.1 Å². The molecule has 0 radical (unpaired) electrons. The van der Waals surface area contributed by atoms with Gasteiger partial charge in [0.1, 0.15) is 11.5 Å². The topological polar surface area (TPSA) is 55.5 Å². The molecule has 4 heteroatoms. The van der Waals surface area contributed by atoms with Crippen molar-refractivity contribution in [3.8, 4) is 5.75 Å². The third kappa shape index (κ3) is 2.63. The van der Waals surface area contributed by atoms with Crippen LogP contribution in [-0.2, 0) is 19.3 Å². The van der Waals surface area contributed by atoms with Gasteiger partial charge in [-0.25, -0.2) is 4.98 Å². The second kappa shape index (κ2) is 5.05. The Morgan fingerprint density at radius 3 is 2.89 bits per heavy atom. The molecule has 2 aromatic rings. The van der Waals surface area contributed by atoms with Crippen LogP contribution < -0.4 is 4.74 Å². The number of methoxy groups -OCH3 is 1. The number of nitrogens with zero attached hydrogens (tertiary/aromatic N) is 1. The van der Waals surface area contributed by atoms with Crippen molar-refractivity contribution in [2.75, 3.05) is 7.11 Å². The maximum absolute atomic E-state index is 9.62. The van der Waals surface area contributed by atoms with E-state index in [-0.39, 0.29) is 6.10 Å². The minimum Gasteiger partial charge on any atom is -0.497 e. The van der Waals surface area contributed by atoms with Crippen LogP contribution in [0.2, 0.25) is 0 Å². The SMILES string of the molecule is COc1ccc(Cc2nc3c(o2)CCC(O)C3)cc1. The van der Waals surface area contributed by atoms with Crippen LogP contribution in [0.1, 0.15) is 29.3 Å². The third-order valence-electron chi connectivity index (χ3n) is 3.47. The number of oxazole rings is 1. The number of ether oxygens (including phenoxy) is 1. The number of hydrogen-bond donors (Lipinski definition) is 1. The van der Waals surface area contributed by atoms with E-state index in [4.69, 9.17) is 9.15 Å². The highest BCUT2D eigenvalue weighted by Crippen LogP contribution is 2.23. The van der Waals surface area contributed by atoms with E-state index >= 15 is 0 Å². The Kier molecular flexibility index (Phi) is 3.25. The van der Waals surface area contributed by atoms with E-state index in [0.29, 0.717) is 12.8 Å². The number of fused-ring (bicyclic) bond motifs is 1. The van der Waals surface area contributed by atoms with Gasteiger partial charge in [-0.3, -0.25) is 0 Å². The maximum atomic E-state index is 9.62. The molecule has 1 aromatic carbocycles. The number of aliphatic hydroxyl groups is 1. The van der Waals surface area contributed by atoms with E-state index in [2.05, 4.69) is 4.98 Å². The van der Waals surface area contributed by atoms with Crippen molar-refractivity contribution in [3.05, 3.63) is 47.2 Å². The van der Waals surface area contributed by atoms with E-state index in [1.807, 2.05) is 24.3 Å². The first-order valence-electron chi connectivity index (χ1n) is 6.53. The smallest absolute Gasteiger partial charge is 0.199 e. The van der Waals surface area contributed by atoms with E-state index in [1.165, 1.54) is 0 Å². The Morgan fingerprint density at radius 1 is 1.37 bits per heavy atom. The molecule has 0 saturated heterocycles. The lowest BCUT2D eigenvalue weighted by Crippen LogP contribution is -2.17. The molecule has 0 fully saturated rings. The van der Waals surface area contributed by atoms with Crippen LogP contribution in [-0.4, -0.2) is 23.3 Å². The van der Waals surface area contributed by atoms with Crippen LogP contribution in [0, 0.1) is 0 Å². The van der Waals surface area contributed by atoms with Crippen molar-refractivity contribution >= 4 is 0 Å². The van der Waals surface area contributed by atoms with Crippen molar-refractivity contribution in [1.29, 1.82) is 0 Å². The standard InChI is InChI=1S/C15H17NO3/c1-18-12-5-2-10(3-6-12)8-15-16-13-9-11(17)4-7-14(13)19-15/h2-3,5-6,11,17H,4,7-9H2,1H3. The molecule has 1 atom stereocenters. The van der Waals surface area contributed by atoms with Crippen LogP contribution in [0.5, 0.6) is 5.75 Å². The normalized spacial score (nSPS) is 18.1. The summed E-state index contributed by atoms with van der Waals surface area (Å²) in [6.07, 6.45) is 2.57. The van der Waals surface area contributed by atoms with Gasteiger partial charge in [-0.2, -0.15) is 0 Å². The van der Waals surface area contributed by atoms with Gasteiger partial charge in [0.05, 0.1) is 18.9 Å². The summed E-state index contributed by atoms with van der Waals surface area (Å²) in [6, 6.07) is 7.89.